The van der Waals surface area contributed by atoms with E-state index in [9.17, 15) is 0 Å². The molecule has 0 saturated heterocycles. The maximum atomic E-state index is 9.02. The molecule has 0 amide bonds. The van der Waals surface area contributed by atoms with Crippen LogP contribution in [0.1, 0.15) is 18.3 Å². The molecule has 18 heavy (non-hydrogen) atoms. The van der Waals surface area contributed by atoms with E-state index in [-0.39, 0.29) is 0 Å². The van der Waals surface area contributed by atoms with Gasteiger partial charge in [0.1, 0.15) is 6.07 Å². The van der Waals surface area contributed by atoms with Crippen molar-refractivity contribution in [1.82, 2.24) is 14.9 Å². The summed E-state index contributed by atoms with van der Waals surface area (Å²) >= 11 is 6.01. The molecule has 5 heteroatoms. The molecule has 1 N–H and O–H groups in total. The molecule has 0 aliphatic heterocycles. The van der Waals surface area contributed by atoms with Gasteiger partial charge in [0.2, 0.25) is 5.82 Å². The van der Waals surface area contributed by atoms with Crippen molar-refractivity contribution in [2.24, 2.45) is 0 Å². The lowest BCUT2D eigenvalue weighted by Crippen LogP contribution is -2.14. The van der Waals surface area contributed by atoms with E-state index >= 15 is 0 Å². The maximum absolute atomic E-state index is 9.02. The van der Waals surface area contributed by atoms with Crippen LogP contribution < -0.4 is 5.32 Å². The highest BCUT2D eigenvalue weighted by Gasteiger charge is 2.09. The Hall–Kier alpha value is -1.83. The molecular formula is C13H13ClN4. The number of nitrogens with zero attached hydrogens (tertiary/aromatic N) is 3. The first-order valence-electron chi connectivity index (χ1n) is 5.69. The first kappa shape index (κ1) is 12.6. The summed E-state index contributed by atoms with van der Waals surface area (Å²) in [7, 11) is 0. The van der Waals surface area contributed by atoms with E-state index in [0.717, 1.165) is 17.8 Å². The van der Waals surface area contributed by atoms with Crippen LogP contribution in [0.3, 0.4) is 0 Å². The second-order valence-electron chi connectivity index (χ2n) is 3.79. The zero-order valence-corrected chi connectivity index (χ0v) is 10.8. The van der Waals surface area contributed by atoms with Gasteiger partial charge >= 0.3 is 0 Å². The van der Waals surface area contributed by atoms with Gasteiger partial charge in [-0.2, -0.15) is 5.26 Å². The first-order chi connectivity index (χ1) is 8.76. The van der Waals surface area contributed by atoms with Gasteiger partial charge in [-0.3, -0.25) is 4.57 Å². The minimum absolute atomic E-state index is 0.370. The van der Waals surface area contributed by atoms with E-state index in [1.165, 1.54) is 0 Å². The Labute approximate surface area is 111 Å². The molecule has 0 spiro atoms. The summed E-state index contributed by atoms with van der Waals surface area (Å²) in [5.41, 5.74) is 1.97. The van der Waals surface area contributed by atoms with Gasteiger partial charge in [-0.15, -0.1) is 0 Å². The molecule has 0 aliphatic carbocycles. The van der Waals surface area contributed by atoms with Crippen LogP contribution in [0, 0.1) is 11.3 Å². The predicted octanol–water partition coefficient (Wildman–Crippen LogP) is 2.51. The number of rotatable bonds is 4. The predicted molar refractivity (Wildman–Crippen MR) is 70.7 cm³/mol. The van der Waals surface area contributed by atoms with Gasteiger partial charge in [0.05, 0.1) is 5.69 Å². The highest BCUT2D eigenvalue weighted by molar-refractivity contribution is 6.30. The van der Waals surface area contributed by atoms with Crippen LogP contribution in [0.25, 0.3) is 5.69 Å². The summed E-state index contributed by atoms with van der Waals surface area (Å²) in [5, 5.41) is 13.0. The fraction of sp³-hybridized carbons (Fsp3) is 0.231. The van der Waals surface area contributed by atoms with Crippen molar-refractivity contribution in [3.05, 3.63) is 47.0 Å². The number of aromatic nitrogens is 2. The van der Waals surface area contributed by atoms with E-state index in [4.69, 9.17) is 16.9 Å². The third-order valence-electron chi connectivity index (χ3n) is 2.61. The quantitative estimate of drug-likeness (QED) is 0.919. The van der Waals surface area contributed by atoms with E-state index in [0.29, 0.717) is 17.4 Å². The SMILES string of the molecule is CCNCc1cc(Cl)ccc1-n1ccnc1C#N. The normalized spacial score (nSPS) is 10.3. The molecule has 1 aromatic carbocycles. The number of hydrogen-bond acceptors (Lipinski definition) is 3. The molecule has 1 heterocycles. The summed E-state index contributed by atoms with van der Waals surface area (Å²) < 4.78 is 1.77. The third kappa shape index (κ3) is 2.53. The Balaban J connectivity index is 2.47. The number of hydrogen-bond donors (Lipinski definition) is 1. The maximum Gasteiger partial charge on any atom is 0.217 e. The zero-order valence-electron chi connectivity index (χ0n) is 10.0. The molecule has 92 valence electrons. The molecular weight excluding hydrogens is 248 g/mol. The highest BCUT2D eigenvalue weighted by atomic mass is 35.5. The van der Waals surface area contributed by atoms with E-state index in [2.05, 4.69) is 16.4 Å². The number of nitrogens with one attached hydrogen (secondary N) is 1. The van der Waals surface area contributed by atoms with Crippen molar-refractivity contribution >= 4 is 11.6 Å². The molecule has 0 fully saturated rings. The number of benzene rings is 1. The molecule has 0 radical (unpaired) electrons. The molecule has 1 aromatic heterocycles. The monoisotopic (exact) mass is 260 g/mol. The largest absolute Gasteiger partial charge is 0.313 e. The van der Waals surface area contributed by atoms with Crippen molar-refractivity contribution in [3.8, 4) is 11.8 Å². The summed E-state index contributed by atoms with van der Waals surface area (Å²) in [6.45, 7) is 3.62. The van der Waals surface area contributed by atoms with Crippen molar-refractivity contribution in [2.45, 2.75) is 13.5 Å². The Morgan fingerprint density at radius 1 is 1.50 bits per heavy atom. The molecule has 0 unspecified atom stereocenters. The van der Waals surface area contributed by atoms with Gasteiger partial charge < -0.3 is 5.32 Å². The second kappa shape index (κ2) is 5.67. The molecule has 0 bridgehead atoms. The number of halogens is 1. The van der Waals surface area contributed by atoms with Crippen LogP contribution >= 0.6 is 11.6 Å². The van der Waals surface area contributed by atoms with Gasteiger partial charge in [-0.1, -0.05) is 18.5 Å². The summed E-state index contributed by atoms with van der Waals surface area (Å²) in [6, 6.07) is 7.69. The van der Waals surface area contributed by atoms with Crippen LogP contribution in [0.15, 0.2) is 30.6 Å². The fourth-order valence-corrected chi connectivity index (χ4v) is 1.97. The van der Waals surface area contributed by atoms with Gasteiger partial charge in [0.15, 0.2) is 0 Å². The second-order valence-corrected chi connectivity index (χ2v) is 4.22. The smallest absolute Gasteiger partial charge is 0.217 e. The van der Waals surface area contributed by atoms with Crippen molar-refractivity contribution < 1.29 is 0 Å². The summed E-state index contributed by atoms with van der Waals surface area (Å²) in [6.07, 6.45) is 3.39. The molecule has 2 rings (SSSR count). The van der Waals surface area contributed by atoms with Crippen molar-refractivity contribution in [1.29, 1.82) is 5.26 Å². The first-order valence-corrected chi connectivity index (χ1v) is 6.07. The molecule has 4 nitrogen and oxygen atoms in total. The molecule has 0 saturated carbocycles. The lowest BCUT2D eigenvalue weighted by atomic mass is 10.1. The molecule has 0 atom stereocenters. The van der Waals surface area contributed by atoms with E-state index < -0.39 is 0 Å². The van der Waals surface area contributed by atoms with Gasteiger partial charge in [-0.25, -0.2) is 4.98 Å². The molecule has 0 aliphatic rings. The van der Waals surface area contributed by atoms with Crippen LogP contribution in [0.5, 0.6) is 0 Å². The van der Waals surface area contributed by atoms with Crippen LogP contribution in [-0.4, -0.2) is 16.1 Å². The average molecular weight is 261 g/mol. The fourth-order valence-electron chi connectivity index (χ4n) is 1.77. The lowest BCUT2D eigenvalue weighted by Gasteiger charge is -2.12. The van der Waals surface area contributed by atoms with E-state index in [1.807, 2.05) is 25.1 Å². The zero-order chi connectivity index (χ0) is 13.0. The summed E-state index contributed by atoms with van der Waals surface area (Å²) in [5.74, 6) is 0.370. The number of imidazole rings is 1. The Morgan fingerprint density at radius 2 is 2.33 bits per heavy atom. The molecule has 2 aromatic rings. The minimum Gasteiger partial charge on any atom is -0.313 e. The van der Waals surface area contributed by atoms with Crippen LogP contribution in [0.4, 0.5) is 0 Å². The topological polar surface area (TPSA) is 53.6 Å². The van der Waals surface area contributed by atoms with Crippen LogP contribution in [-0.2, 0) is 6.54 Å². The summed E-state index contributed by atoms with van der Waals surface area (Å²) in [4.78, 5) is 4.00. The van der Waals surface area contributed by atoms with Gasteiger partial charge in [0, 0.05) is 24.0 Å². The Bertz CT molecular complexity index is 583. The Kier molecular flexibility index (Phi) is 3.98. The van der Waals surface area contributed by atoms with Crippen molar-refractivity contribution in [3.63, 3.8) is 0 Å². The Morgan fingerprint density at radius 3 is 3.06 bits per heavy atom. The van der Waals surface area contributed by atoms with E-state index in [1.54, 1.807) is 17.0 Å². The third-order valence-corrected chi connectivity index (χ3v) is 2.84. The minimum atomic E-state index is 0.370. The standard InChI is InChI=1S/C13H13ClN4/c1-2-16-9-10-7-11(14)3-4-12(10)18-6-5-17-13(18)8-15/h3-7,16H,2,9H2,1H3. The average Bonchev–Trinajstić information content (AvgIpc) is 2.84. The van der Waals surface area contributed by atoms with Crippen molar-refractivity contribution in [2.75, 3.05) is 6.54 Å². The lowest BCUT2D eigenvalue weighted by molar-refractivity contribution is 0.722. The highest BCUT2D eigenvalue weighted by Crippen LogP contribution is 2.20. The van der Waals surface area contributed by atoms with Gasteiger partial charge in [-0.05, 0) is 30.3 Å². The number of nitriles is 1. The van der Waals surface area contributed by atoms with Crippen LogP contribution in [0.2, 0.25) is 5.02 Å². The van der Waals surface area contributed by atoms with Gasteiger partial charge in [0.25, 0.3) is 0 Å².